The highest BCUT2D eigenvalue weighted by Gasteiger charge is 2.02. The number of rotatable bonds is 0. The molecule has 0 N–H and O–H groups in total. The van der Waals surface area contributed by atoms with Crippen LogP contribution in [0.25, 0.3) is 10.1 Å². The lowest BCUT2D eigenvalue weighted by Crippen LogP contribution is -1.76. The molecule has 2 rings (SSSR count). The summed E-state index contributed by atoms with van der Waals surface area (Å²) in [5.74, 6) is -0.151. The van der Waals surface area contributed by atoms with E-state index >= 15 is 0 Å². The first-order valence-corrected chi connectivity index (χ1v) is 4.14. The summed E-state index contributed by atoms with van der Waals surface area (Å²) >= 11 is 1.41. The Morgan fingerprint density at radius 2 is 2.09 bits per heavy atom. The minimum absolute atomic E-state index is 0.151. The fraction of sp³-hybridized carbons (Fsp3) is 0. The molecule has 0 unspecified atom stereocenters. The van der Waals surface area contributed by atoms with Crippen LogP contribution in [0.15, 0.2) is 23.6 Å². The van der Waals surface area contributed by atoms with Crippen molar-refractivity contribution in [2.75, 3.05) is 0 Å². The normalized spacial score (nSPS) is 10.7. The van der Waals surface area contributed by atoms with Crippen molar-refractivity contribution in [3.63, 3.8) is 0 Å². The fourth-order valence-electron chi connectivity index (χ4n) is 1.09. The van der Waals surface area contributed by atoms with Gasteiger partial charge in [0.25, 0.3) is 0 Å². The van der Waals surface area contributed by atoms with Crippen LogP contribution in [0.3, 0.4) is 0 Å². The van der Waals surface area contributed by atoms with Crippen molar-refractivity contribution in [2.45, 2.75) is 0 Å². The van der Waals surface area contributed by atoms with Crippen LogP contribution in [0.2, 0.25) is 0 Å². The lowest BCUT2D eigenvalue weighted by atomic mass is 10.1. The van der Waals surface area contributed by atoms with Gasteiger partial charge in [-0.15, -0.1) is 11.3 Å². The zero-order valence-electron chi connectivity index (χ0n) is 5.80. The molecule has 55 valence electrons. The molecule has 0 atom stereocenters. The Morgan fingerprint density at radius 1 is 1.27 bits per heavy atom. The number of fused-ring (bicyclic) bond motifs is 1. The van der Waals surface area contributed by atoms with E-state index in [1.807, 2.05) is 11.4 Å². The second-order valence-corrected chi connectivity index (χ2v) is 3.29. The first kappa shape index (κ1) is 6.80. The van der Waals surface area contributed by atoms with Crippen molar-refractivity contribution in [1.82, 2.24) is 0 Å². The van der Waals surface area contributed by atoms with Crippen molar-refractivity contribution in [3.05, 3.63) is 41.9 Å². The quantitative estimate of drug-likeness (QED) is 0.562. The maximum Gasteiger partial charge on any atom is 0.141 e. The van der Waals surface area contributed by atoms with E-state index in [0.29, 0.717) is 4.70 Å². The molecule has 0 saturated carbocycles. The maximum absolute atomic E-state index is 13.0. The highest BCUT2D eigenvalue weighted by Crippen LogP contribution is 2.26. The van der Waals surface area contributed by atoms with Gasteiger partial charge >= 0.3 is 0 Å². The predicted molar refractivity (Wildman–Crippen MR) is 46.2 cm³/mol. The van der Waals surface area contributed by atoms with Crippen LogP contribution >= 0.6 is 11.3 Å². The molecule has 11 heavy (non-hydrogen) atoms. The molecule has 2 aromatic rings. The molecule has 0 spiro atoms. The smallest absolute Gasteiger partial charge is 0.141 e. The SMILES string of the molecule is [CH2]c1ccc(F)c2sccc12. The molecule has 0 saturated heterocycles. The third kappa shape index (κ3) is 0.942. The maximum atomic E-state index is 13.0. The van der Waals surface area contributed by atoms with E-state index in [1.165, 1.54) is 17.4 Å². The van der Waals surface area contributed by atoms with Crippen LogP contribution in [0.5, 0.6) is 0 Å². The van der Waals surface area contributed by atoms with E-state index in [9.17, 15) is 4.39 Å². The monoisotopic (exact) mass is 165 g/mol. The van der Waals surface area contributed by atoms with Gasteiger partial charge in [0.1, 0.15) is 5.82 Å². The molecule has 0 aliphatic heterocycles. The lowest BCUT2D eigenvalue weighted by Gasteiger charge is -1.94. The number of hydrogen-bond donors (Lipinski definition) is 0. The number of hydrogen-bond acceptors (Lipinski definition) is 1. The first-order chi connectivity index (χ1) is 5.29. The van der Waals surface area contributed by atoms with E-state index in [4.69, 9.17) is 0 Å². The van der Waals surface area contributed by atoms with Gasteiger partial charge in [-0.3, -0.25) is 0 Å². The van der Waals surface area contributed by atoms with Crippen molar-refractivity contribution >= 4 is 21.4 Å². The van der Waals surface area contributed by atoms with Gasteiger partial charge in [-0.05, 0) is 35.4 Å². The van der Waals surface area contributed by atoms with E-state index in [2.05, 4.69) is 6.92 Å². The van der Waals surface area contributed by atoms with Crippen molar-refractivity contribution in [1.29, 1.82) is 0 Å². The summed E-state index contributed by atoms with van der Waals surface area (Å²) in [4.78, 5) is 0. The van der Waals surface area contributed by atoms with Crippen LogP contribution in [0.4, 0.5) is 4.39 Å². The van der Waals surface area contributed by atoms with Gasteiger partial charge in [-0.1, -0.05) is 6.07 Å². The van der Waals surface area contributed by atoms with Crippen LogP contribution < -0.4 is 0 Å². The third-order valence-electron chi connectivity index (χ3n) is 1.66. The van der Waals surface area contributed by atoms with Gasteiger partial charge in [-0.2, -0.15) is 0 Å². The zero-order valence-corrected chi connectivity index (χ0v) is 6.62. The molecule has 0 aliphatic rings. The third-order valence-corrected chi connectivity index (χ3v) is 2.58. The van der Waals surface area contributed by atoms with Gasteiger partial charge in [-0.25, -0.2) is 4.39 Å². The van der Waals surface area contributed by atoms with Crippen LogP contribution in [-0.2, 0) is 0 Å². The summed E-state index contributed by atoms with van der Waals surface area (Å²) in [7, 11) is 0. The van der Waals surface area contributed by atoms with E-state index < -0.39 is 0 Å². The molecule has 1 heterocycles. The average Bonchev–Trinajstić information content (AvgIpc) is 2.45. The summed E-state index contributed by atoms with van der Waals surface area (Å²) in [5.41, 5.74) is 0.891. The number of thiophene rings is 1. The first-order valence-electron chi connectivity index (χ1n) is 3.27. The predicted octanol–water partition coefficient (Wildman–Crippen LogP) is 3.22. The van der Waals surface area contributed by atoms with Crippen LogP contribution in [0.1, 0.15) is 5.56 Å². The molecule has 0 amide bonds. The lowest BCUT2D eigenvalue weighted by molar-refractivity contribution is 0.641. The second kappa shape index (κ2) is 2.31. The molecule has 1 aromatic heterocycles. The Hall–Kier alpha value is -0.890. The summed E-state index contributed by atoms with van der Waals surface area (Å²) in [5, 5.41) is 2.80. The molecular weight excluding hydrogens is 159 g/mol. The summed E-state index contributed by atoms with van der Waals surface area (Å²) < 4.78 is 13.7. The van der Waals surface area contributed by atoms with Gasteiger partial charge < -0.3 is 0 Å². The molecule has 0 nitrogen and oxygen atoms in total. The minimum Gasteiger partial charge on any atom is -0.205 e. The molecule has 0 aliphatic carbocycles. The van der Waals surface area contributed by atoms with E-state index in [1.54, 1.807) is 6.07 Å². The standard InChI is InChI=1S/C9H6FS/c1-6-2-3-8(10)9-7(6)4-5-11-9/h2-5H,1H2. The second-order valence-electron chi connectivity index (χ2n) is 2.37. The Bertz CT molecular complexity index is 353. The highest BCUT2D eigenvalue weighted by atomic mass is 32.1. The highest BCUT2D eigenvalue weighted by molar-refractivity contribution is 7.17. The Kier molecular flexibility index (Phi) is 1.43. The molecule has 1 aromatic carbocycles. The molecule has 1 radical (unpaired) electrons. The summed E-state index contributed by atoms with van der Waals surface area (Å²) in [6.07, 6.45) is 0. The van der Waals surface area contributed by atoms with Crippen LogP contribution in [0, 0.1) is 12.7 Å². The number of benzene rings is 1. The van der Waals surface area contributed by atoms with Gasteiger partial charge in [0.2, 0.25) is 0 Å². The van der Waals surface area contributed by atoms with Crippen molar-refractivity contribution in [3.8, 4) is 0 Å². The largest absolute Gasteiger partial charge is 0.205 e. The van der Waals surface area contributed by atoms with E-state index in [-0.39, 0.29) is 5.82 Å². The minimum atomic E-state index is -0.151. The topological polar surface area (TPSA) is 0 Å². The molecule has 0 bridgehead atoms. The molecular formula is C9H6FS. The van der Waals surface area contributed by atoms with Gasteiger partial charge in [0, 0.05) is 0 Å². The average molecular weight is 165 g/mol. The Labute approximate surface area is 68.3 Å². The Balaban J connectivity index is 2.96. The van der Waals surface area contributed by atoms with Crippen LogP contribution in [-0.4, -0.2) is 0 Å². The molecule has 2 heteroatoms. The fourth-order valence-corrected chi connectivity index (χ4v) is 1.93. The van der Waals surface area contributed by atoms with E-state index in [0.717, 1.165) is 10.9 Å². The Morgan fingerprint density at radius 3 is 2.82 bits per heavy atom. The summed E-state index contributed by atoms with van der Waals surface area (Å²) in [6, 6.07) is 5.05. The van der Waals surface area contributed by atoms with Crippen molar-refractivity contribution < 1.29 is 4.39 Å². The van der Waals surface area contributed by atoms with Gasteiger partial charge in [0.15, 0.2) is 0 Å². The zero-order chi connectivity index (χ0) is 7.84. The van der Waals surface area contributed by atoms with Crippen molar-refractivity contribution in [2.24, 2.45) is 0 Å². The molecule has 0 fully saturated rings. The summed E-state index contributed by atoms with van der Waals surface area (Å²) in [6.45, 7) is 3.80. The van der Waals surface area contributed by atoms with Gasteiger partial charge in [0.05, 0.1) is 4.70 Å². The number of halogens is 1.